The fraction of sp³-hybridized carbons (Fsp3) is 0.625. The third-order valence-electron chi connectivity index (χ3n) is 7.35. The Hall–Kier alpha value is -2.81. The molecule has 0 bridgehead atoms. The molecule has 0 spiro atoms. The van der Waals surface area contributed by atoms with Gasteiger partial charge in [-0.25, -0.2) is 4.79 Å². The quantitative estimate of drug-likeness (QED) is 0.631. The average Bonchev–Trinajstić information content (AvgIpc) is 3.15. The van der Waals surface area contributed by atoms with E-state index in [4.69, 9.17) is 15.0 Å². The number of nitrogens with one attached hydrogen (secondary N) is 1. The van der Waals surface area contributed by atoms with E-state index in [0.29, 0.717) is 37.5 Å². The molecule has 2 unspecified atom stereocenters. The van der Waals surface area contributed by atoms with Gasteiger partial charge < -0.3 is 25.2 Å². The Labute approximate surface area is 194 Å². The first-order valence-electron chi connectivity index (χ1n) is 12.1. The minimum absolute atomic E-state index is 0.0447. The van der Waals surface area contributed by atoms with E-state index in [2.05, 4.69) is 34.2 Å². The molecule has 9 heteroatoms. The number of rotatable bonds is 8. The van der Waals surface area contributed by atoms with Crippen LogP contribution in [0.3, 0.4) is 0 Å². The Balaban J connectivity index is 1.06. The van der Waals surface area contributed by atoms with Gasteiger partial charge in [-0.3, -0.25) is 4.90 Å². The molecule has 1 aliphatic carbocycles. The van der Waals surface area contributed by atoms with Crippen molar-refractivity contribution in [1.29, 1.82) is 0 Å². The molecule has 9 nitrogen and oxygen atoms in total. The van der Waals surface area contributed by atoms with Crippen LogP contribution in [0.1, 0.15) is 51.3 Å². The molecule has 3 heterocycles. The predicted molar refractivity (Wildman–Crippen MR) is 126 cm³/mol. The molecule has 1 saturated carbocycles. The minimum Gasteiger partial charge on any atom is -0.494 e. The van der Waals surface area contributed by atoms with Crippen molar-refractivity contribution in [3.05, 3.63) is 30.1 Å². The van der Waals surface area contributed by atoms with Crippen LogP contribution in [-0.4, -0.2) is 54.5 Å². The molecule has 0 radical (unpaired) electrons. The largest absolute Gasteiger partial charge is 0.494 e. The number of hydrogen-bond acceptors (Lipinski definition) is 7. The molecule has 178 valence electrons. The molecule has 2 aromatic rings. The summed E-state index contributed by atoms with van der Waals surface area (Å²) in [5.41, 5.74) is 7.48. The summed E-state index contributed by atoms with van der Waals surface area (Å²) in [6, 6.07) is 8.31. The lowest BCUT2D eigenvalue weighted by Crippen LogP contribution is -2.37. The number of amides is 2. The number of ether oxygens (including phenoxy) is 1. The molecule has 2 aliphatic heterocycles. The van der Waals surface area contributed by atoms with E-state index in [1.807, 2.05) is 24.3 Å². The highest BCUT2D eigenvalue weighted by atomic mass is 16.5. The maximum atomic E-state index is 11.8. The van der Waals surface area contributed by atoms with Crippen LogP contribution in [0.25, 0.3) is 0 Å². The third-order valence-corrected chi connectivity index (χ3v) is 7.35. The summed E-state index contributed by atoms with van der Waals surface area (Å²) in [6.07, 6.45) is 4.14. The van der Waals surface area contributed by atoms with Gasteiger partial charge >= 0.3 is 12.0 Å². The normalized spacial score (nSPS) is 25.6. The molecule has 3 fully saturated rings. The van der Waals surface area contributed by atoms with Gasteiger partial charge in [0.25, 0.3) is 0 Å². The lowest BCUT2D eigenvalue weighted by molar-refractivity contribution is 0.252. The van der Waals surface area contributed by atoms with Crippen LogP contribution in [-0.2, 0) is 0 Å². The van der Waals surface area contributed by atoms with Crippen LogP contribution in [0, 0.1) is 11.8 Å². The van der Waals surface area contributed by atoms with Crippen molar-refractivity contribution in [2.45, 2.75) is 51.0 Å². The van der Waals surface area contributed by atoms with Crippen molar-refractivity contribution < 1.29 is 14.1 Å². The van der Waals surface area contributed by atoms with Gasteiger partial charge in [-0.05, 0) is 61.8 Å². The van der Waals surface area contributed by atoms with Crippen LogP contribution < -0.4 is 25.6 Å². The predicted octanol–water partition coefficient (Wildman–Crippen LogP) is 3.13. The van der Waals surface area contributed by atoms with E-state index >= 15 is 0 Å². The number of carbonyl (C=O) groups excluding carboxylic acids is 1. The highest BCUT2D eigenvalue weighted by Gasteiger charge is 2.54. The molecular formula is C24H34N6O3. The highest BCUT2D eigenvalue weighted by Crippen LogP contribution is 2.51. The van der Waals surface area contributed by atoms with Gasteiger partial charge in [0.05, 0.1) is 6.61 Å². The summed E-state index contributed by atoms with van der Waals surface area (Å²) in [5, 5.41) is 6.90. The SMILES string of the molecule is CC(C)c1noc(N2CCC(C3CC3(N)CCOc3ccc(N4CCNC4=O)cc3)CC2)n1. The minimum atomic E-state index is -0.115. The van der Waals surface area contributed by atoms with Gasteiger partial charge in [-0.1, -0.05) is 19.0 Å². The lowest BCUT2D eigenvalue weighted by atomic mass is 9.89. The molecule has 2 saturated heterocycles. The topological polar surface area (TPSA) is 110 Å². The van der Waals surface area contributed by atoms with Gasteiger partial charge in [0.15, 0.2) is 5.82 Å². The Bertz CT molecular complexity index is 969. The number of nitrogens with two attached hydrogens (primary N) is 1. The van der Waals surface area contributed by atoms with Crippen LogP contribution in [0.15, 0.2) is 28.8 Å². The second-order valence-electron chi connectivity index (χ2n) is 9.93. The smallest absolute Gasteiger partial charge is 0.324 e. The van der Waals surface area contributed by atoms with Crippen molar-refractivity contribution in [3.8, 4) is 5.75 Å². The second-order valence-corrected chi connectivity index (χ2v) is 9.93. The average molecular weight is 455 g/mol. The first-order chi connectivity index (χ1) is 15.9. The van der Waals surface area contributed by atoms with Gasteiger partial charge in [0, 0.05) is 43.3 Å². The van der Waals surface area contributed by atoms with Crippen LogP contribution >= 0.6 is 0 Å². The molecule has 3 N–H and O–H groups in total. The number of carbonyl (C=O) groups is 1. The van der Waals surface area contributed by atoms with Crippen LogP contribution in [0.5, 0.6) is 5.75 Å². The zero-order valence-corrected chi connectivity index (χ0v) is 19.5. The maximum absolute atomic E-state index is 11.8. The molecule has 1 aromatic heterocycles. The van der Waals surface area contributed by atoms with Crippen molar-refractivity contribution in [2.24, 2.45) is 17.6 Å². The van der Waals surface area contributed by atoms with Crippen molar-refractivity contribution in [3.63, 3.8) is 0 Å². The van der Waals surface area contributed by atoms with E-state index in [1.54, 1.807) is 4.90 Å². The Kier molecular flexibility index (Phi) is 5.90. The summed E-state index contributed by atoms with van der Waals surface area (Å²) < 4.78 is 11.4. The summed E-state index contributed by atoms with van der Waals surface area (Å²) >= 11 is 0. The first-order valence-corrected chi connectivity index (χ1v) is 12.1. The molecule has 2 amide bonds. The number of benzene rings is 1. The summed E-state index contributed by atoms with van der Waals surface area (Å²) in [4.78, 5) is 20.3. The number of nitrogens with zero attached hydrogens (tertiary/aromatic N) is 4. The molecule has 3 aliphatic rings. The number of piperidine rings is 1. The number of urea groups is 1. The summed E-state index contributed by atoms with van der Waals surface area (Å²) in [6.45, 7) is 8.01. The van der Waals surface area contributed by atoms with Crippen molar-refractivity contribution >= 4 is 17.7 Å². The second kappa shape index (κ2) is 8.85. The van der Waals surface area contributed by atoms with Gasteiger partial charge in [-0.2, -0.15) is 4.98 Å². The Morgan fingerprint density at radius 1 is 1.24 bits per heavy atom. The summed E-state index contributed by atoms with van der Waals surface area (Å²) in [5.74, 6) is 3.06. The Morgan fingerprint density at radius 2 is 2.00 bits per heavy atom. The monoisotopic (exact) mass is 454 g/mol. The third kappa shape index (κ3) is 4.64. The molecular weight excluding hydrogens is 420 g/mol. The fourth-order valence-electron chi connectivity index (χ4n) is 5.16. The van der Waals surface area contributed by atoms with Crippen LogP contribution in [0.2, 0.25) is 0 Å². The number of aromatic nitrogens is 2. The zero-order chi connectivity index (χ0) is 23.0. The van der Waals surface area contributed by atoms with E-state index in [-0.39, 0.29) is 17.5 Å². The van der Waals surface area contributed by atoms with Gasteiger partial charge in [0.1, 0.15) is 5.75 Å². The molecule has 5 rings (SSSR count). The summed E-state index contributed by atoms with van der Waals surface area (Å²) in [7, 11) is 0. The van der Waals surface area contributed by atoms with Gasteiger partial charge in [0.2, 0.25) is 0 Å². The first kappa shape index (κ1) is 22.0. The molecule has 2 atom stereocenters. The highest BCUT2D eigenvalue weighted by molar-refractivity contribution is 5.94. The zero-order valence-electron chi connectivity index (χ0n) is 19.5. The standard InChI is InChI=1S/C24H34N6O3/c1-16(2)21-27-23(33-28-21)29-11-7-17(8-12-29)20-15-24(20,25)9-14-32-19-5-3-18(4-6-19)30-13-10-26-22(30)31/h3-6,16-17,20H,7-15,25H2,1-2H3,(H,26,31). The van der Waals surface area contributed by atoms with E-state index in [9.17, 15) is 4.79 Å². The fourth-order valence-corrected chi connectivity index (χ4v) is 5.16. The maximum Gasteiger partial charge on any atom is 0.324 e. The van der Waals surface area contributed by atoms with Crippen molar-refractivity contribution in [2.75, 3.05) is 42.6 Å². The van der Waals surface area contributed by atoms with E-state index < -0.39 is 0 Å². The van der Waals surface area contributed by atoms with Crippen molar-refractivity contribution in [1.82, 2.24) is 15.5 Å². The van der Waals surface area contributed by atoms with Gasteiger partial charge in [-0.15, -0.1) is 0 Å². The van der Waals surface area contributed by atoms with E-state index in [1.165, 1.54) is 0 Å². The Morgan fingerprint density at radius 3 is 2.64 bits per heavy atom. The molecule has 33 heavy (non-hydrogen) atoms. The lowest BCUT2D eigenvalue weighted by Gasteiger charge is -2.31. The van der Waals surface area contributed by atoms with Crippen LogP contribution in [0.4, 0.5) is 16.5 Å². The number of hydrogen-bond donors (Lipinski definition) is 2. The number of anilines is 2. The molecule has 1 aromatic carbocycles. The van der Waals surface area contributed by atoms with E-state index in [0.717, 1.165) is 56.0 Å².